The second-order valence-electron chi connectivity index (χ2n) is 4.95. The Balaban J connectivity index is 2.02. The number of carbonyl (C=O) groups excluding carboxylic acids is 1. The number of rotatable bonds is 2. The molecule has 0 saturated carbocycles. The lowest BCUT2D eigenvalue weighted by atomic mass is 9.95. The standard InChI is InChI=1S/C12H19N3O/c1-9(2)10-4-5-15(8-10)12(16)11-6-13-14(3)7-11/h6-7,9-10H,4-5,8H2,1-3H3/t10-/m1/s1. The maximum atomic E-state index is 12.1. The van der Waals surface area contributed by atoms with Gasteiger partial charge >= 0.3 is 0 Å². The molecule has 1 aromatic rings. The van der Waals surface area contributed by atoms with Crippen LogP contribution in [-0.4, -0.2) is 33.7 Å². The Labute approximate surface area is 96.2 Å². The van der Waals surface area contributed by atoms with E-state index in [9.17, 15) is 4.79 Å². The van der Waals surface area contributed by atoms with E-state index in [1.54, 1.807) is 17.1 Å². The van der Waals surface area contributed by atoms with Crippen LogP contribution in [-0.2, 0) is 7.05 Å². The van der Waals surface area contributed by atoms with Crippen molar-refractivity contribution < 1.29 is 4.79 Å². The van der Waals surface area contributed by atoms with E-state index >= 15 is 0 Å². The summed E-state index contributed by atoms with van der Waals surface area (Å²) < 4.78 is 1.67. The molecule has 2 heterocycles. The highest BCUT2D eigenvalue weighted by molar-refractivity contribution is 5.93. The van der Waals surface area contributed by atoms with E-state index in [2.05, 4.69) is 18.9 Å². The molecule has 88 valence electrons. The number of aryl methyl sites for hydroxylation is 1. The molecule has 2 rings (SSSR count). The second kappa shape index (κ2) is 4.28. The fourth-order valence-electron chi connectivity index (χ4n) is 2.23. The smallest absolute Gasteiger partial charge is 0.257 e. The van der Waals surface area contributed by atoms with Crippen molar-refractivity contribution in [1.82, 2.24) is 14.7 Å². The Morgan fingerprint density at radius 1 is 1.56 bits per heavy atom. The fraction of sp³-hybridized carbons (Fsp3) is 0.667. The summed E-state index contributed by atoms with van der Waals surface area (Å²) in [6.45, 7) is 6.23. The third-order valence-corrected chi connectivity index (χ3v) is 3.41. The van der Waals surface area contributed by atoms with E-state index in [0.29, 0.717) is 17.4 Å². The van der Waals surface area contributed by atoms with Gasteiger partial charge in [-0.05, 0) is 18.3 Å². The van der Waals surface area contributed by atoms with Crippen molar-refractivity contribution in [3.05, 3.63) is 18.0 Å². The van der Waals surface area contributed by atoms with E-state index in [1.807, 2.05) is 11.9 Å². The Kier molecular flexibility index (Phi) is 2.99. The molecule has 4 nitrogen and oxygen atoms in total. The largest absolute Gasteiger partial charge is 0.338 e. The van der Waals surface area contributed by atoms with Gasteiger partial charge in [-0.25, -0.2) is 0 Å². The van der Waals surface area contributed by atoms with Crippen LogP contribution in [0.5, 0.6) is 0 Å². The van der Waals surface area contributed by atoms with Crippen molar-refractivity contribution in [2.45, 2.75) is 20.3 Å². The van der Waals surface area contributed by atoms with E-state index in [0.717, 1.165) is 19.5 Å². The SMILES string of the molecule is CC(C)[C@@H]1CCN(C(=O)c2cnn(C)c2)C1. The van der Waals surface area contributed by atoms with Gasteiger partial charge in [0, 0.05) is 26.3 Å². The predicted molar refractivity (Wildman–Crippen MR) is 62.1 cm³/mol. The highest BCUT2D eigenvalue weighted by Gasteiger charge is 2.28. The molecule has 1 aromatic heterocycles. The van der Waals surface area contributed by atoms with Crippen LogP contribution in [0, 0.1) is 11.8 Å². The normalized spacial score (nSPS) is 20.8. The predicted octanol–water partition coefficient (Wildman–Crippen LogP) is 1.54. The monoisotopic (exact) mass is 221 g/mol. The van der Waals surface area contributed by atoms with Crippen molar-refractivity contribution >= 4 is 5.91 Å². The number of hydrogen-bond donors (Lipinski definition) is 0. The van der Waals surface area contributed by atoms with E-state index in [-0.39, 0.29) is 5.91 Å². The van der Waals surface area contributed by atoms with Gasteiger partial charge in [-0.15, -0.1) is 0 Å². The quantitative estimate of drug-likeness (QED) is 0.759. The van der Waals surface area contributed by atoms with Crippen LogP contribution in [0.2, 0.25) is 0 Å². The molecule has 0 N–H and O–H groups in total. The summed E-state index contributed by atoms with van der Waals surface area (Å²) in [5.74, 6) is 1.43. The molecule has 0 aromatic carbocycles. The summed E-state index contributed by atoms with van der Waals surface area (Å²) in [5.41, 5.74) is 0.701. The summed E-state index contributed by atoms with van der Waals surface area (Å²) in [4.78, 5) is 14.0. The summed E-state index contributed by atoms with van der Waals surface area (Å²) >= 11 is 0. The molecule has 1 saturated heterocycles. The first-order valence-electron chi connectivity index (χ1n) is 5.86. The number of aromatic nitrogens is 2. The maximum absolute atomic E-state index is 12.1. The molecule has 1 amide bonds. The van der Waals surface area contributed by atoms with Crippen LogP contribution in [0.25, 0.3) is 0 Å². The molecule has 0 aliphatic carbocycles. The van der Waals surface area contributed by atoms with E-state index in [1.165, 1.54) is 0 Å². The zero-order valence-electron chi connectivity index (χ0n) is 10.2. The second-order valence-corrected chi connectivity index (χ2v) is 4.95. The van der Waals surface area contributed by atoms with Crippen LogP contribution in [0.1, 0.15) is 30.6 Å². The maximum Gasteiger partial charge on any atom is 0.257 e. The molecule has 16 heavy (non-hydrogen) atoms. The Morgan fingerprint density at radius 2 is 2.31 bits per heavy atom. The summed E-state index contributed by atoms with van der Waals surface area (Å²) in [6, 6.07) is 0. The first-order chi connectivity index (χ1) is 7.58. The molecular weight excluding hydrogens is 202 g/mol. The molecular formula is C12H19N3O. The van der Waals surface area contributed by atoms with Gasteiger partial charge in [0.1, 0.15) is 0 Å². The molecule has 0 bridgehead atoms. The number of amides is 1. The first-order valence-corrected chi connectivity index (χ1v) is 5.86. The molecule has 1 atom stereocenters. The molecule has 0 unspecified atom stereocenters. The molecule has 1 aliphatic rings. The number of hydrogen-bond acceptors (Lipinski definition) is 2. The van der Waals surface area contributed by atoms with Gasteiger partial charge < -0.3 is 4.90 Å². The molecule has 0 radical (unpaired) electrons. The van der Waals surface area contributed by atoms with Gasteiger partial charge in [0.25, 0.3) is 5.91 Å². The van der Waals surface area contributed by atoms with Gasteiger partial charge in [0.05, 0.1) is 11.8 Å². The number of likely N-dealkylation sites (tertiary alicyclic amines) is 1. The van der Waals surface area contributed by atoms with Crippen LogP contribution >= 0.6 is 0 Å². The highest BCUT2D eigenvalue weighted by atomic mass is 16.2. The summed E-state index contributed by atoms with van der Waals surface area (Å²) in [7, 11) is 1.83. The topological polar surface area (TPSA) is 38.1 Å². The fourth-order valence-corrected chi connectivity index (χ4v) is 2.23. The van der Waals surface area contributed by atoms with Crippen LogP contribution < -0.4 is 0 Å². The summed E-state index contributed by atoms with van der Waals surface area (Å²) in [6.07, 6.45) is 4.56. The lowest BCUT2D eigenvalue weighted by Gasteiger charge is -2.17. The highest BCUT2D eigenvalue weighted by Crippen LogP contribution is 2.24. The lowest BCUT2D eigenvalue weighted by molar-refractivity contribution is 0.0784. The van der Waals surface area contributed by atoms with Crippen molar-refractivity contribution in [1.29, 1.82) is 0 Å². The van der Waals surface area contributed by atoms with Gasteiger partial charge in [-0.3, -0.25) is 9.48 Å². The first kappa shape index (κ1) is 11.2. The van der Waals surface area contributed by atoms with Crippen molar-refractivity contribution in [3.8, 4) is 0 Å². The molecule has 0 spiro atoms. The lowest BCUT2D eigenvalue weighted by Crippen LogP contribution is -2.29. The minimum Gasteiger partial charge on any atom is -0.338 e. The minimum absolute atomic E-state index is 0.122. The summed E-state index contributed by atoms with van der Waals surface area (Å²) in [5, 5.41) is 4.03. The third kappa shape index (κ3) is 2.10. The third-order valence-electron chi connectivity index (χ3n) is 3.41. The van der Waals surface area contributed by atoms with Crippen LogP contribution in [0.15, 0.2) is 12.4 Å². The van der Waals surface area contributed by atoms with E-state index < -0.39 is 0 Å². The van der Waals surface area contributed by atoms with Gasteiger partial charge in [-0.1, -0.05) is 13.8 Å². The van der Waals surface area contributed by atoms with Gasteiger partial charge in [0.2, 0.25) is 0 Å². The van der Waals surface area contributed by atoms with Crippen molar-refractivity contribution in [2.24, 2.45) is 18.9 Å². The molecule has 1 aliphatic heterocycles. The van der Waals surface area contributed by atoms with Gasteiger partial charge in [0.15, 0.2) is 0 Å². The van der Waals surface area contributed by atoms with Crippen molar-refractivity contribution in [2.75, 3.05) is 13.1 Å². The average molecular weight is 221 g/mol. The van der Waals surface area contributed by atoms with E-state index in [4.69, 9.17) is 0 Å². The zero-order valence-corrected chi connectivity index (χ0v) is 10.2. The molecule has 4 heteroatoms. The van der Waals surface area contributed by atoms with Crippen molar-refractivity contribution in [3.63, 3.8) is 0 Å². The van der Waals surface area contributed by atoms with Crippen LogP contribution in [0.3, 0.4) is 0 Å². The molecule has 1 fully saturated rings. The van der Waals surface area contributed by atoms with Crippen LogP contribution in [0.4, 0.5) is 0 Å². The Morgan fingerprint density at radius 3 is 2.81 bits per heavy atom. The Bertz CT molecular complexity index is 383. The number of carbonyl (C=O) groups is 1. The minimum atomic E-state index is 0.122. The number of nitrogens with zero attached hydrogens (tertiary/aromatic N) is 3. The zero-order chi connectivity index (χ0) is 11.7. The average Bonchev–Trinajstić information content (AvgIpc) is 2.84. The van der Waals surface area contributed by atoms with Gasteiger partial charge in [-0.2, -0.15) is 5.10 Å². The Hall–Kier alpha value is -1.32.